The summed E-state index contributed by atoms with van der Waals surface area (Å²) in [6.45, 7) is 2.09. The van der Waals surface area contributed by atoms with E-state index in [1.807, 2.05) is 24.3 Å². The molecule has 0 aromatic heterocycles. The van der Waals surface area contributed by atoms with Gasteiger partial charge < -0.3 is 0 Å². The van der Waals surface area contributed by atoms with Gasteiger partial charge in [0.1, 0.15) is 0 Å². The van der Waals surface area contributed by atoms with Gasteiger partial charge in [-0.2, -0.15) is 0 Å². The maximum absolute atomic E-state index is 11.4. The molecule has 1 heteroatoms. The summed E-state index contributed by atoms with van der Waals surface area (Å²) >= 11 is 0. The van der Waals surface area contributed by atoms with Crippen molar-refractivity contribution in [2.24, 2.45) is 0 Å². The summed E-state index contributed by atoms with van der Waals surface area (Å²) in [6.07, 6.45) is 6.26. The van der Waals surface area contributed by atoms with E-state index < -0.39 is 0 Å². The van der Waals surface area contributed by atoms with Crippen LogP contribution in [0.2, 0.25) is 0 Å². The minimum Gasteiger partial charge on any atom is -0.298 e. The molecule has 0 saturated carbocycles. The number of carbonyl (C=O) groups is 1. The molecule has 3 rings (SSSR count). The lowest BCUT2D eigenvalue weighted by Gasteiger charge is -2.09. The van der Waals surface area contributed by atoms with Crippen molar-refractivity contribution in [2.75, 3.05) is 0 Å². The summed E-state index contributed by atoms with van der Waals surface area (Å²) in [4.78, 5) is 11.4. The second kappa shape index (κ2) is 4.26. The van der Waals surface area contributed by atoms with Crippen molar-refractivity contribution < 1.29 is 4.79 Å². The quantitative estimate of drug-likeness (QED) is 0.704. The van der Waals surface area contributed by atoms with Crippen LogP contribution < -0.4 is 0 Å². The lowest BCUT2D eigenvalue weighted by Crippen LogP contribution is -1.92. The molecule has 0 N–H and O–H groups in total. The van der Waals surface area contributed by atoms with Crippen molar-refractivity contribution in [2.45, 2.75) is 13.3 Å². The Morgan fingerprint density at radius 2 is 1.94 bits per heavy atom. The summed E-state index contributed by atoms with van der Waals surface area (Å²) in [7, 11) is 0. The summed E-state index contributed by atoms with van der Waals surface area (Å²) in [6, 6.07) is 12.2. The van der Waals surface area contributed by atoms with E-state index in [0.29, 0.717) is 0 Å². The molecular weight excluding hydrogens is 220 g/mol. The zero-order chi connectivity index (χ0) is 12.5. The molecule has 1 aliphatic carbocycles. The molecule has 0 amide bonds. The van der Waals surface area contributed by atoms with Crippen molar-refractivity contribution in [3.63, 3.8) is 0 Å². The highest BCUT2D eigenvalue weighted by Gasteiger charge is 2.12. The van der Waals surface area contributed by atoms with E-state index >= 15 is 0 Å². The van der Waals surface area contributed by atoms with Gasteiger partial charge in [0.15, 0.2) is 6.29 Å². The second-order valence-corrected chi connectivity index (χ2v) is 4.69. The van der Waals surface area contributed by atoms with Crippen LogP contribution in [0, 0.1) is 0 Å². The number of aldehydes is 1. The smallest absolute Gasteiger partial charge is 0.151 e. The fourth-order valence-corrected chi connectivity index (χ4v) is 2.55. The van der Waals surface area contributed by atoms with Gasteiger partial charge in [0.05, 0.1) is 0 Å². The molecule has 0 radical (unpaired) electrons. The molecule has 0 fully saturated rings. The molecule has 0 saturated heterocycles. The average molecular weight is 234 g/mol. The van der Waals surface area contributed by atoms with Crippen molar-refractivity contribution in [1.29, 1.82) is 0 Å². The fraction of sp³-hybridized carbons (Fsp3) is 0.118. The molecule has 2 aromatic carbocycles. The van der Waals surface area contributed by atoms with Gasteiger partial charge in [-0.25, -0.2) is 0 Å². The van der Waals surface area contributed by atoms with E-state index in [1.165, 1.54) is 11.1 Å². The maximum atomic E-state index is 11.4. The van der Waals surface area contributed by atoms with Crippen molar-refractivity contribution in [1.82, 2.24) is 0 Å². The molecule has 18 heavy (non-hydrogen) atoms. The minimum atomic E-state index is 0.808. The highest BCUT2D eigenvalue weighted by Crippen LogP contribution is 2.32. The molecule has 0 heterocycles. The van der Waals surface area contributed by atoms with Crippen LogP contribution in [-0.4, -0.2) is 6.29 Å². The number of allylic oxidation sites excluding steroid dienone is 4. The molecule has 1 nitrogen and oxygen atoms in total. The Labute approximate surface area is 106 Å². The predicted octanol–water partition coefficient (Wildman–Crippen LogP) is 4.39. The van der Waals surface area contributed by atoms with Gasteiger partial charge in [-0.05, 0) is 35.3 Å². The number of rotatable bonds is 2. The van der Waals surface area contributed by atoms with Crippen LogP contribution in [0.3, 0.4) is 0 Å². The monoisotopic (exact) mass is 234 g/mol. The Balaban J connectivity index is 2.25. The zero-order valence-electron chi connectivity index (χ0n) is 10.3. The third kappa shape index (κ3) is 1.68. The topological polar surface area (TPSA) is 17.1 Å². The Hall–Kier alpha value is -2.15. The Bertz CT molecular complexity index is 690. The molecule has 0 unspecified atom stereocenters. The molecule has 88 valence electrons. The van der Waals surface area contributed by atoms with E-state index in [0.717, 1.165) is 34.6 Å². The van der Waals surface area contributed by atoms with E-state index in [2.05, 4.69) is 31.2 Å². The van der Waals surface area contributed by atoms with Crippen LogP contribution in [0.4, 0.5) is 0 Å². The average Bonchev–Trinajstić information content (AvgIpc) is 2.84. The van der Waals surface area contributed by atoms with Gasteiger partial charge in [0, 0.05) is 5.56 Å². The van der Waals surface area contributed by atoms with Crippen LogP contribution in [0.5, 0.6) is 0 Å². The minimum absolute atomic E-state index is 0.808. The standard InChI is InChI=1S/C17H14O/c1-12-6-7-14(10-12)16-9-8-13-4-2-3-5-15(13)17(16)11-18/h2-6,8-11H,7H2,1H3. The van der Waals surface area contributed by atoms with Crippen LogP contribution >= 0.6 is 0 Å². The molecule has 0 spiro atoms. The molecule has 1 aliphatic rings. The predicted molar refractivity (Wildman–Crippen MR) is 75.7 cm³/mol. The van der Waals surface area contributed by atoms with Crippen molar-refractivity contribution in [3.05, 3.63) is 65.3 Å². The first-order chi connectivity index (χ1) is 8.79. The van der Waals surface area contributed by atoms with Crippen LogP contribution in [0.1, 0.15) is 29.3 Å². The first-order valence-electron chi connectivity index (χ1n) is 6.14. The van der Waals surface area contributed by atoms with Crippen LogP contribution in [-0.2, 0) is 0 Å². The second-order valence-electron chi connectivity index (χ2n) is 4.69. The Morgan fingerprint density at radius 3 is 2.67 bits per heavy atom. The van der Waals surface area contributed by atoms with Gasteiger partial charge in [0.25, 0.3) is 0 Å². The fourth-order valence-electron chi connectivity index (χ4n) is 2.55. The maximum Gasteiger partial charge on any atom is 0.151 e. The van der Waals surface area contributed by atoms with Crippen LogP contribution in [0.15, 0.2) is 54.1 Å². The third-order valence-electron chi connectivity index (χ3n) is 3.48. The molecule has 2 aromatic rings. The number of hydrogen-bond acceptors (Lipinski definition) is 1. The first-order valence-corrected chi connectivity index (χ1v) is 6.14. The summed E-state index contributed by atoms with van der Waals surface area (Å²) in [5.74, 6) is 0. The normalized spacial score (nSPS) is 14.5. The van der Waals surface area contributed by atoms with Crippen molar-refractivity contribution >= 4 is 22.6 Å². The van der Waals surface area contributed by atoms with Crippen LogP contribution in [0.25, 0.3) is 16.3 Å². The van der Waals surface area contributed by atoms with Gasteiger partial charge in [-0.3, -0.25) is 4.79 Å². The largest absolute Gasteiger partial charge is 0.298 e. The lowest BCUT2D eigenvalue weighted by atomic mass is 9.94. The zero-order valence-corrected chi connectivity index (χ0v) is 10.3. The molecule has 0 aliphatic heterocycles. The highest BCUT2D eigenvalue weighted by molar-refractivity contribution is 6.03. The van der Waals surface area contributed by atoms with Gasteiger partial charge >= 0.3 is 0 Å². The molecule has 0 atom stereocenters. The number of carbonyl (C=O) groups excluding carboxylic acids is 1. The number of benzene rings is 2. The van der Waals surface area contributed by atoms with E-state index in [1.54, 1.807) is 0 Å². The van der Waals surface area contributed by atoms with E-state index in [4.69, 9.17) is 0 Å². The summed E-state index contributed by atoms with van der Waals surface area (Å²) in [5, 5.41) is 2.15. The lowest BCUT2D eigenvalue weighted by molar-refractivity contribution is 0.112. The summed E-state index contributed by atoms with van der Waals surface area (Å²) in [5.41, 5.74) is 4.38. The van der Waals surface area contributed by atoms with Crippen molar-refractivity contribution in [3.8, 4) is 0 Å². The molecular formula is C17H14O. The summed E-state index contributed by atoms with van der Waals surface area (Å²) < 4.78 is 0. The Morgan fingerprint density at radius 1 is 1.11 bits per heavy atom. The van der Waals surface area contributed by atoms with E-state index in [9.17, 15) is 4.79 Å². The van der Waals surface area contributed by atoms with E-state index in [-0.39, 0.29) is 0 Å². The Kier molecular flexibility index (Phi) is 2.60. The number of hydrogen-bond donors (Lipinski definition) is 0. The first kappa shape index (κ1) is 11.0. The highest BCUT2D eigenvalue weighted by atomic mass is 16.1. The van der Waals surface area contributed by atoms with Gasteiger partial charge in [0.2, 0.25) is 0 Å². The van der Waals surface area contributed by atoms with Gasteiger partial charge in [-0.15, -0.1) is 0 Å². The molecule has 0 bridgehead atoms. The third-order valence-corrected chi connectivity index (χ3v) is 3.48. The number of fused-ring (bicyclic) bond motifs is 1. The SMILES string of the molecule is CC1=CCC(c2ccc3ccccc3c2C=O)=C1. The van der Waals surface area contributed by atoms with Gasteiger partial charge in [-0.1, -0.05) is 54.1 Å².